The van der Waals surface area contributed by atoms with E-state index in [1.165, 1.54) is 83.5 Å². The molecule has 0 bridgehead atoms. The molecule has 0 aliphatic carbocycles. The molecule has 138 valence electrons. The third-order valence-corrected chi connectivity index (χ3v) is 5.15. The van der Waals surface area contributed by atoms with Crippen molar-refractivity contribution >= 4 is 16.6 Å². The fourth-order valence-electron chi connectivity index (χ4n) is 2.99. The Morgan fingerprint density at radius 2 is 1.00 bits per heavy atom. The first-order valence-electron chi connectivity index (χ1n) is 9.98. The third kappa shape index (κ3) is 19.8. The van der Waals surface area contributed by atoms with Gasteiger partial charge in [-0.2, -0.15) is 0 Å². The van der Waals surface area contributed by atoms with Crippen LogP contribution in [0.2, 0.25) is 0 Å². The maximum atomic E-state index is 11.4. The number of carbonyl (C=O) groups excluding carboxylic acids is 1. The van der Waals surface area contributed by atoms with E-state index >= 15 is 0 Å². The largest absolute Gasteiger partial charge is 0.299 e. The fourth-order valence-corrected chi connectivity index (χ4v) is 3.59. The highest BCUT2D eigenvalue weighted by molar-refractivity contribution is 7.85. The van der Waals surface area contributed by atoms with Crippen molar-refractivity contribution in [2.24, 2.45) is 0 Å². The summed E-state index contributed by atoms with van der Waals surface area (Å²) in [5, 5.41) is 0. The van der Waals surface area contributed by atoms with E-state index in [0.29, 0.717) is 6.42 Å². The molecule has 0 N–H and O–H groups in total. The summed E-state index contributed by atoms with van der Waals surface area (Å²) < 4.78 is 10.9. The van der Waals surface area contributed by atoms with Gasteiger partial charge in [-0.3, -0.25) is 9.00 Å². The molecule has 23 heavy (non-hydrogen) atoms. The highest BCUT2D eigenvalue weighted by Gasteiger charge is 2.03. The topological polar surface area (TPSA) is 34.1 Å². The number of Topliss-reactive ketones (excluding diaryl/α,β-unsaturated/α-hetero) is 1. The van der Waals surface area contributed by atoms with Crippen LogP contribution in [-0.2, 0) is 15.6 Å². The highest BCUT2D eigenvalue weighted by Crippen LogP contribution is 2.13. The van der Waals surface area contributed by atoms with Crippen LogP contribution in [0.4, 0.5) is 0 Å². The van der Waals surface area contributed by atoms with Gasteiger partial charge in [0.25, 0.3) is 0 Å². The summed E-state index contributed by atoms with van der Waals surface area (Å²) in [4.78, 5) is 11.4. The minimum atomic E-state index is -0.963. The average Bonchev–Trinajstić information content (AvgIpc) is 2.50. The van der Waals surface area contributed by atoms with Gasteiger partial charge in [0.1, 0.15) is 5.78 Å². The summed E-state index contributed by atoms with van der Waals surface area (Å²) in [5.74, 6) is 0.416. The van der Waals surface area contributed by atoms with Crippen molar-refractivity contribution in [3.63, 3.8) is 0 Å². The molecular weight excluding hydrogens is 304 g/mol. The Balaban J connectivity index is 3.08. The van der Waals surface area contributed by atoms with Crippen molar-refractivity contribution < 1.29 is 9.00 Å². The smallest absolute Gasteiger partial charge is 0.145 e. The molecule has 3 heteroatoms. The van der Waals surface area contributed by atoms with Crippen LogP contribution in [0.15, 0.2) is 0 Å². The van der Waals surface area contributed by atoms with E-state index in [1.807, 2.05) is 0 Å². The maximum Gasteiger partial charge on any atom is 0.145 e. The van der Waals surface area contributed by atoms with Crippen LogP contribution in [0.3, 0.4) is 0 Å². The Morgan fingerprint density at radius 3 is 1.35 bits per heavy atom. The summed E-state index contributed by atoms with van der Waals surface area (Å²) in [5.41, 5.74) is 0. The standard InChI is InChI=1S/C20H40O2S/c1-3-4-5-6-7-8-9-10-11-12-13-14-15-16-17-18-20(21)19-23(2)22/h3-19H2,1-2H3/t23-/m0/s1. The summed E-state index contributed by atoms with van der Waals surface area (Å²) in [6, 6.07) is 0. The van der Waals surface area contributed by atoms with Gasteiger partial charge < -0.3 is 0 Å². The quantitative estimate of drug-likeness (QED) is 0.278. The van der Waals surface area contributed by atoms with E-state index in [9.17, 15) is 9.00 Å². The molecule has 0 aliphatic rings. The zero-order valence-corrected chi connectivity index (χ0v) is 16.6. The molecule has 1 atom stereocenters. The van der Waals surface area contributed by atoms with Gasteiger partial charge >= 0.3 is 0 Å². The Labute approximate surface area is 147 Å². The van der Waals surface area contributed by atoms with Crippen molar-refractivity contribution in [2.75, 3.05) is 12.0 Å². The lowest BCUT2D eigenvalue weighted by atomic mass is 10.0. The fraction of sp³-hybridized carbons (Fsp3) is 0.950. The first-order chi connectivity index (χ1) is 11.2. The Kier molecular flexibility index (Phi) is 18.0. The zero-order chi connectivity index (χ0) is 17.2. The molecule has 0 spiro atoms. The van der Waals surface area contributed by atoms with Crippen LogP contribution in [-0.4, -0.2) is 22.0 Å². The van der Waals surface area contributed by atoms with Gasteiger partial charge in [-0.1, -0.05) is 96.8 Å². The minimum Gasteiger partial charge on any atom is -0.299 e. The van der Waals surface area contributed by atoms with Gasteiger partial charge in [0.2, 0.25) is 0 Å². The van der Waals surface area contributed by atoms with Crippen LogP contribution in [0.1, 0.15) is 110 Å². The summed E-state index contributed by atoms with van der Waals surface area (Å²) in [6.45, 7) is 2.27. The number of carbonyl (C=O) groups is 1. The number of hydrogen-bond donors (Lipinski definition) is 0. The average molecular weight is 345 g/mol. The van der Waals surface area contributed by atoms with E-state index in [2.05, 4.69) is 6.92 Å². The molecule has 0 aromatic rings. The molecule has 0 saturated carbocycles. The number of hydrogen-bond acceptors (Lipinski definition) is 2. The molecule has 0 unspecified atom stereocenters. The van der Waals surface area contributed by atoms with E-state index < -0.39 is 10.8 Å². The Hall–Kier alpha value is -0.180. The monoisotopic (exact) mass is 344 g/mol. The second kappa shape index (κ2) is 18.2. The van der Waals surface area contributed by atoms with Crippen LogP contribution >= 0.6 is 0 Å². The molecule has 0 fully saturated rings. The molecule has 0 radical (unpaired) electrons. The van der Waals surface area contributed by atoms with Crippen LogP contribution < -0.4 is 0 Å². The molecular formula is C20H40O2S. The van der Waals surface area contributed by atoms with Crippen LogP contribution in [0.5, 0.6) is 0 Å². The molecule has 0 rings (SSSR count). The molecule has 0 heterocycles. The summed E-state index contributed by atoms with van der Waals surface area (Å²) >= 11 is 0. The highest BCUT2D eigenvalue weighted by atomic mass is 32.2. The van der Waals surface area contributed by atoms with E-state index in [-0.39, 0.29) is 11.5 Å². The Morgan fingerprint density at radius 1 is 0.652 bits per heavy atom. The van der Waals surface area contributed by atoms with Gasteiger partial charge in [-0.25, -0.2) is 0 Å². The lowest BCUT2D eigenvalue weighted by Crippen LogP contribution is -2.08. The lowest BCUT2D eigenvalue weighted by Gasteiger charge is -2.03. The lowest BCUT2D eigenvalue weighted by molar-refractivity contribution is -0.116. The van der Waals surface area contributed by atoms with Gasteiger partial charge in [-0.05, 0) is 6.42 Å². The van der Waals surface area contributed by atoms with Gasteiger partial charge in [-0.15, -0.1) is 0 Å². The molecule has 0 aliphatic heterocycles. The Bertz CT molecular complexity index is 289. The maximum absolute atomic E-state index is 11.4. The predicted molar refractivity (Wildman–Crippen MR) is 103 cm³/mol. The molecule has 0 amide bonds. The van der Waals surface area contributed by atoms with Crippen molar-refractivity contribution in [1.29, 1.82) is 0 Å². The summed E-state index contributed by atoms with van der Waals surface area (Å²) in [7, 11) is -0.963. The first-order valence-corrected chi connectivity index (χ1v) is 11.7. The van der Waals surface area contributed by atoms with Crippen LogP contribution in [0.25, 0.3) is 0 Å². The SMILES string of the molecule is CCCCCCCCCCCCCCCCCC(=O)C[S@](C)=O. The summed E-state index contributed by atoms with van der Waals surface area (Å²) in [6.07, 6.45) is 22.4. The second-order valence-corrected chi connectivity index (χ2v) is 8.39. The van der Waals surface area contributed by atoms with E-state index in [1.54, 1.807) is 6.26 Å². The molecule has 0 aromatic heterocycles. The number of ketones is 1. The van der Waals surface area contributed by atoms with Crippen molar-refractivity contribution in [2.45, 2.75) is 110 Å². The van der Waals surface area contributed by atoms with Gasteiger partial charge in [0, 0.05) is 23.5 Å². The number of rotatable bonds is 18. The van der Waals surface area contributed by atoms with Crippen molar-refractivity contribution in [3.8, 4) is 0 Å². The second-order valence-electron chi connectivity index (χ2n) is 6.96. The van der Waals surface area contributed by atoms with E-state index in [0.717, 1.165) is 12.8 Å². The molecule has 0 saturated heterocycles. The van der Waals surface area contributed by atoms with Gasteiger partial charge in [0.05, 0.1) is 5.75 Å². The normalized spacial score (nSPS) is 12.4. The van der Waals surface area contributed by atoms with Gasteiger partial charge in [0.15, 0.2) is 0 Å². The number of unbranched alkanes of at least 4 members (excludes halogenated alkanes) is 14. The molecule has 2 nitrogen and oxygen atoms in total. The minimum absolute atomic E-state index is 0.167. The van der Waals surface area contributed by atoms with E-state index in [4.69, 9.17) is 0 Å². The zero-order valence-electron chi connectivity index (χ0n) is 15.7. The molecule has 0 aromatic carbocycles. The first kappa shape index (κ1) is 22.8. The van der Waals surface area contributed by atoms with Crippen molar-refractivity contribution in [3.05, 3.63) is 0 Å². The van der Waals surface area contributed by atoms with Crippen molar-refractivity contribution in [1.82, 2.24) is 0 Å². The third-order valence-electron chi connectivity index (χ3n) is 4.42. The predicted octanol–water partition coefficient (Wildman–Crippen LogP) is 6.20. The van der Waals surface area contributed by atoms with Crippen LogP contribution in [0, 0.1) is 0 Å².